The second kappa shape index (κ2) is 11.2. The normalized spacial score (nSPS) is 19.0. The van der Waals surface area contributed by atoms with E-state index in [0.717, 1.165) is 34.1 Å². The average molecular weight is 642 g/mol. The first-order valence-corrected chi connectivity index (χ1v) is 14.7. The van der Waals surface area contributed by atoms with Gasteiger partial charge in [0.15, 0.2) is 33.7 Å². The standard InChI is InChI=1S/C23H14F3N5O6S4/c24-9-3-8-11(32)4-12(41-18(8)14(26)13(9)25)38-2-1-7-5-39-21-16(20(34)31(21)17(7)22(35)36)29-19(33)15(30-37)10-6-40-23(27)28-10/h1-4,6,16,21,37H,5H2,(H2,27,28)(H,29,33)(H,35,36)/t16?,21-/m1/s1. The molecule has 212 valence electrons. The van der Waals surface area contributed by atoms with E-state index in [4.69, 9.17) is 5.73 Å². The minimum Gasteiger partial charge on any atom is -0.477 e. The number of carboxylic acid groups (broad SMARTS) is 1. The van der Waals surface area contributed by atoms with Gasteiger partial charge in [-0.25, -0.2) is 22.9 Å². The molecule has 18 heteroatoms. The number of nitrogens with one attached hydrogen (secondary N) is 1. The molecule has 0 aliphatic carbocycles. The molecule has 2 atom stereocenters. The number of thioether (sulfide) groups is 2. The van der Waals surface area contributed by atoms with Crippen LogP contribution < -0.4 is 16.5 Å². The molecule has 1 aromatic carbocycles. The summed E-state index contributed by atoms with van der Waals surface area (Å²) in [6.07, 6.45) is 1.41. The smallest absolute Gasteiger partial charge is 0.352 e. The number of thiazole rings is 1. The molecule has 11 nitrogen and oxygen atoms in total. The number of amides is 2. The second-order valence-corrected chi connectivity index (χ2v) is 12.5. The fraction of sp³-hybridized carbons (Fsp3) is 0.130. The number of aromatic nitrogens is 1. The summed E-state index contributed by atoms with van der Waals surface area (Å²) in [6, 6.07) is 0.639. The molecule has 41 heavy (non-hydrogen) atoms. The van der Waals surface area contributed by atoms with Crippen LogP contribution in [-0.2, 0) is 14.4 Å². The van der Waals surface area contributed by atoms with Gasteiger partial charge in [-0.3, -0.25) is 19.3 Å². The Balaban J connectivity index is 1.34. The first kappa shape index (κ1) is 28.7. The highest BCUT2D eigenvalue weighted by Gasteiger charge is 2.54. The maximum atomic E-state index is 14.2. The number of carbonyl (C=O) groups is 3. The Morgan fingerprint density at radius 3 is 2.66 bits per heavy atom. The average Bonchev–Trinajstić information content (AvgIpc) is 3.36. The number of allylic oxidation sites excluding steroid dienone is 1. The predicted molar refractivity (Wildman–Crippen MR) is 148 cm³/mol. The van der Waals surface area contributed by atoms with E-state index in [0.29, 0.717) is 17.4 Å². The van der Waals surface area contributed by atoms with Crippen LogP contribution in [-0.4, -0.2) is 60.9 Å². The summed E-state index contributed by atoms with van der Waals surface area (Å²) < 4.78 is 41.3. The van der Waals surface area contributed by atoms with Crippen molar-refractivity contribution in [2.45, 2.75) is 15.6 Å². The molecule has 5 rings (SSSR count). The number of carboxylic acids is 1. The zero-order chi connectivity index (χ0) is 29.6. The molecule has 5 N–H and O–H groups in total. The number of anilines is 1. The summed E-state index contributed by atoms with van der Waals surface area (Å²) in [5.74, 6) is -7.55. The fourth-order valence-electron chi connectivity index (χ4n) is 4.01. The van der Waals surface area contributed by atoms with Crippen LogP contribution in [0.1, 0.15) is 5.69 Å². The van der Waals surface area contributed by atoms with Crippen LogP contribution in [0.5, 0.6) is 0 Å². The van der Waals surface area contributed by atoms with Crippen LogP contribution in [0.25, 0.3) is 10.1 Å². The van der Waals surface area contributed by atoms with Gasteiger partial charge in [0.2, 0.25) is 0 Å². The zero-order valence-electron chi connectivity index (χ0n) is 20.0. The van der Waals surface area contributed by atoms with Crippen molar-refractivity contribution in [3.63, 3.8) is 0 Å². The van der Waals surface area contributed by atoms with Crippen LogP contribution in [0.4, 0.5) is 18.3 Å². The molecular formula is C23H14F3N5O6S4. The van der Waals surface area contributed by atoms with E-state index in [9.17, 15) is 42.7 Å². The predicted octanol–water partition coefficient (Wildman–Crippen LogP) is 2.94. The molecule has 3 aromatic rings. The molecule has 2 aliphatic heterocycles. The van der Waals surface area contributed by atoms with Crippen molar-refractivity contribution in [1.82, 2.24) is 15.2 Å². The summed E-state index contributed by atoms with van der Waals surface area (Å²) in [4.78, 5) is 54.8. The van der Waals surface area contributed by atoms with Crippen molar-refractivity contribution in [2.75, 3.05) is 11.5 Å². The number of β-lactam (4-membered cyclic amide) rings is 1. The third-order valence-electron chi connectivity index (χ3n) is 5.85. The van der Waals surface area contributed by atoms with Crippen LogP contribution in [0.3, 0.4) is 0 Å². The van der Waals surface area contributed by atoms with Crippen molar-refractivity contribution in [1.29, 1.82) is 0 Å². The lowest BCUT2D eigenvalue weighted by atomic mass is 10.0. The minimum atomic E-state index is -1.70. The Kier molecular flexibility index (Phi) is 7.82. The lowest BCUT2D eigenvalue weighted by Crippen LogP contribution is -2.71. The van der Waals surface area contributed by atoms with Gasteiger partial charge in [-0.1, -0.05) is 16.9 Å². The highest BCUT2D eigenvalue weighted by atomic mass is 32.2. The number of benzene rings is 1. The van der Waals surface area contributed by atoms with E-state index in [1.165, 1.54) is 28.6 Å². The minimum absolute atomic E-state index is 0.0000567. The fourth-order valence-corrected chi connectivity index (χ4v) is 7.84. The first-order valence-electron chi connectivity index (χ1n) is 11.1. The maximum absolute atomic E-state index is 14.2. The largest absolute Gasteiger partial charge is 0.477 e. The van der Waals surface area contributed by atoms with Gasteiger partial charge in [0.25, 0.3) is 11.8 Å². The van der Waals surface area contributed by atoms with Gasteiger partial charge in [0, 0.05) is 22.6 Å². The topological polar surface area (TPSA) is 175 Å². The molecule has 0 saturated carbocycles. The molecular weight excluding hydrogens is 628 g/mol. The molecule has 2 aliphatic rings. The Bertz CT molecular complexity index is 1790. The summed E-state index contributed by atoms with van der Waals surface area (Å²) in [6.45, 7) is 0. The lowest BCUT2D eigenvalue weighted by Gasteiger charge is -2.49. The van der Waals surface area contributed by atoms with Crippen LogP contribution in [0.2, 0.25) is 0 Å². The SMILES string of the molecule is Nc1nc(C(=NO)C(=O)NC2C(=O)N3C(C(=O)O)=C(C=CSc4cc(=O)c5cc(F)c(F)c(F)c5s4)CS[C@H]23)cs1. The number of aliphatic carboxylic acids is 1. The van der Waals surface area contributed by atoms with E-state index < -0.39 is 57.8 Å². The molecule has 0 bridgehead atoms. The number of halogens is 3. The van der Waals surface area contributed by atoms with E-state index >= 15 is 0 Å². The van der Waals surface area contributed by atoms with Crippen molar-refractivity contribution < 1.29 is 37.9 Å². The maximum Gasteiger partial charge on any atom is 0.352 e. The Labute approximate surface area is 243 Å². The highest BCUT2D eigenvalue weighted by molar-refractivity contribution is 8.04. The molecule has 4 heterocycles. The van der Waals surface area contributed by atoms with Crippen molar-refractivity contribution in [3.05, 3.63) is 73.6 Å². The van der Waals surface area contributed by atoms with Crippen molar-refractivity contribution >= 4 is 84.9 Å². The summed E-state index contributed by atoms with van der Waals surface area (Å²) in [5, 5.41) is 26.3. The van der Waals surface area contributed by atoms with Crippen LogP contribution in [0.15, 0.2) is 54.4 Å². The number of fused-ring (bicyclic) bond motifs is 2. The number of oxime groups is 1. The quantitative estimate of drug-likeness (QED) is 0.0750. The molecule has 1 saturated heterocycles. The van der Waals surface area contributed by atoms with Crippen molar-refractivity contribution in [3.8, 4) is 0 Å². The third-order valence-corrected chi connectivity index (χ3v) is 9.91. The van der Waals surface area contributed by atoms with E-state index in [1.807, 2.05) is 0 Å². The van der Waals surface area contributed by atoms with Gasteiger partial charge >= 0.3 is 5.97 Å². The van der Waals surface area contributed by atoms with Gasteiger partial charge < -0.3 is 21.4 Å². The molecule has 0 spiro atoms. The number of nitrogens with two attached hydrogens (primary N) is 1. The number of nitrogens with zero attached hydrogens (tertiary/aromatic N) is 3. The number of carbonyl (C=O) groups excluding carboxylic acids is 2. The second-order valence-electron chi connectivity index (χ2n) is 8.27. The van der Waals surface area contributed by atoms with E-state index in [1.54, 1.807) is 0 Å². The van der Waals surface area contributed by atoms with Gasteiger partial charge in [-0.15, -0.1) is 34.4 Å². The number of nitrogen functional groups attached to an aromatic ring is 1. The molecule has 2 aromatic heterocycles. The Hall–Kier alpha value is -3.87. The summed E-state index contributed by atoms with van der Waals surface area (Å²) >= 11 is 3.81. The van der Waals surface area contributed by atoms with Crippen molar-refractivity contribution in [2.24, 2.45) is 5.16 Å². The monoisotopic (exact) mass is 641 g/mol. The number of hydrogen-bond acceptors (Lipinski definition) is 12. The zero-order valence-corrected chi connectivity index (χ0v) is 23.2. The summed E-state index contributed by atoms with van der Waals surface area (Å²) in [5.41, 5.74) is 4.27. The molecule has 2 amide bonds. The van der Waals surface area contributed by atoms with Gasteiger partial charge in [-0.2, -0.15) is 0 Å². The van der Waals surface area contributed by atoms with E-state index in [2.05, 4.69) is 15.5 Å². The number of rotatable bonds is 7. The van der Waals surface area contributed by atoms with Gasteiger partial charge in [0.05, 0.1) is 8.91 Å². The van der Waals surface area contributed by atoms with Gasteiger partial charge in [0.1, 0.15) is 22.8 Å². The Morgan fingerprint density at radius 1 is 1.24 bits per heavy atom. The van der Waals surface area contributed by atoms with E-state index in [-0.39, 0.29) is 42.1 Å². The van der Waals surface area contributed by atoms with Gasteiger partial charge in [-0.05, 0) is 23.1 Å². The Morgan fingerprint density at radius 2 is 2.00 bits per heavy atom. The highest BCUT2D eigenvalue weighted by Crippen LogP contribution is 2.41. The lowest BCUT2D eigenvalue weighted by molar-refractivity contribution is -0.150. The first-order chi connectivity index (χ1) is 19.5. The summed E-state index contributed by atoms with van der Waals surface area (Å²) in [7, 11) is 0. The number of hydrogen-bond donors (Lipinski definition) is 4. The van der Waals surface area contributed by atoms with Crippen LogP contribution >= 0.6 is 46.2 Å². The molecule has 1 fully saturated rings. The molecule has 0 radical (unpaired) electrons. The third kappa shape index (κ3) is 5.18. The molecule has 1 unspecified atom stereocenters. The van der Waals surface area contributed by atoms with Crippen LogP contribution in [0, 0.1) is 17.5 Å².